The minimum atomic E-state index is -1.31. The van der Waals surface area contributed by atoms with E-state index in [1.165, 1.54) is 7.11 Å². The van der Waals surface area contributed by atoms with Gasteiger partial charge in [-0.1, -0.05) is 0 Å². The van der Waals surface area contributed by atoms with Gasteiger partial charge in [-0.25, -0.2) is 4.79 Å². The van der Waals surface area contributed by atoms with Crippen molar-refractivity contribution in [1.29, 1.82) is 0 Å². The molecule has 2 heterocycles. The molecule has 0 saturated carbocycles. The number of ether oxygens (including phenoxy) is 1. The number of carbonyl (C=O) groups excluding carboxylic acids is 2. The van der Waals surface area contributed by atoms with E-state index < -0.39 is 11.6 Å². The maximum Gasteiger partial charge on any atom is 0.351 e. The summed E-state index contributed by atoms with van der Waals surface area (Å²) in [5.41, 5.74) is -1.31. The normalized spacial score (nSPS) is 36.7. The van der Waals surface area contributed by atoms with Crippen molar-refractivity contribution < 1.29 is 14.3 Å². The lowest BCUT2D eigenvalue weighted by atomic mass is 10.1. The predicted molar refractivity (Wildman–Crippen MR) is 47.3 cm³/mol. The van der Waals surface area contributed by atoms with Crippen LogP contribution >= 0.6 is 0 Å². The van der Waals surface area contributed by atoms with E-state index in [0.29, 0.717) is 13.1 Å². The van der Waals surface area contributed by atoms with Crippen molar-refractivity contribution in [3.05, 3.63) is 0 Å². The third kappa shape index (κ3) is 0.921. The lowest BCUT2D eigenvalue weighted by Gasteiger charge is -2.37. The Morgan fingerprint density at radius 3 is 3.00 bits per heavy atom. The Morgan fingerprint density at radius 1 is 1.64 bits per heavy atom. The molecule has 0 aromatic rings. The highest BCUT2D eigenvalue weighted by molar-refractivity contribution is 6.08. The Morgan fingerprint density at radius 2 is 2.36 bits per heavy atom. The Balaban J connectivity index is 2.38. The van der Waals surface area contributed by atoms with Gasteiger partial charge in [-0.3, -0.25) is 15.0 Å². The molecule has 2 aliphatic heterocycles. The summed E-state index contributed by atoms with van der Waals surface area (Å²) in [4.78, 5) is 25.0. The lowest BCUT2D eigenvalue weighted by Crippen LogP contribution is -2.70. The van der Waals surface area contributed by atoms with Gasteiger partial charge in [0.25, 0.3) is 11.6 Å². The van der Waals surface area contributed by atoms with E-state index in [0.717, 1.165) is 0 Å². The second-order valence-corrected chi connectivity index (χ2v) is 3.56. The zero-order valence-electron chi connectivity index (χ0n) is 8.16. The van der Waals surface area contributed by atoms with Crippen LogP contribution in [0.1, 0.15) is 0 Å². The van der Waals surface area contributed by atoms with Gasteiger partial charge in [-0.05, 0) is 7.05 Å². The van der Waals surface area contributed by atoms with Crippen LogP contribution in [0.2, 0.25) is 0 Å². The molecule has 2 unspecified atom stereocenters. The fourth-order valence-corrected chi connectivity index (χ4v) is 2.05. The van der Waals surface area contributed by atoms with Crippen LogP contribution < -0.4 is 10.6 Å². The van der Waals surface area contributed by atoms with E-state index in [-0.39, 0.29) is 11.9 Å². The van der Waals surface area contributed by atoms with E-state index in [1.807, 2.05) is 0 Å². The lowest BCUT2D eigenvalue weighted by molar-refractivity contribution is -0.163. The zero-order valence-corrected chi connectivity index (χ0v) is 8.16. The van der Waals surface area contributed by atoms with Gasteiger partial charge in [-0.2, -0.15) is 0 Å². The fourth-order valence-electron chi connectivity index (χ4n) is 2.05. The highest BCUT2D eigenvalue weighted by atomic mass is 16.5. The van der Waals surface area contributed by atoms with Crippen molar-refractivity contribution in [1.82, 2.24) is 15.5 Å². The number of nitrogens with zero attached hydrogens (tertiary/aromatic N) is 1. The molecule has 2 bridgehead atoms. The van der Waals surface area contributed by atoms with E-state index in [4.69, 9.17) is 0 Å². The molecule has 1 amide bonds. The number of esters is 1. The number of hydrogen-bond acceptors (Lipinski definition) is 5. The van der Waals surface area contributed by atoms with Gasteiger partial charge in [0.2, 0.25) is 0 Å². The van der Waals surface area contributed by atoms with E-state index >= 15 is 0 Å². The minimum absolute atomic E-state index is 0.159. The molecule has 0 aromatic carbocycles. The van der Waals surface area contributed by atoms with E-state index in [9.17, 15) is 9.59 Å². The van der Waals surface area contributed by atoms with Crippen molar-refractivity contribution in [2.24, 2.45) is 0 Å². The molecule has 78 valence electrons. The van der Waals surface area contributed by atoms with E-state index in [2.05, 4.69) is 15.4 Å². The summed E-state index contributed by atoms with van der Waals surface area (Å²) in [7, 11) is 3.03. The molecule has 14 heavy (non-hydrogen) atoms. The molecule has 0 spiro atoms. The summed E-state index contributed by atoms with van der Waals surface area (Å²) >= 11 is 0. The summed E-state index contributed by atoms with van der Waals surface area (Å²) in [5, 5.41) is 5.61. The molecule has 2 fully saturated rings. The molecule has 6 heteroatoms. The molecule has 2 rings (SSSR count). The van der Waals surface area contributed by atoms with Crippen LogP contribution in [0.4, 0.5) is 0 Å². The van der Waals surface area contributed by atoms with Crippen molar-refractivity contribution in [2.75, 3.05) is 27.2 Å². The average molecular weight is 199 g/mol. The number of carbonyl (C=O) groups is 2. The van der Waals surface area contributed by atoms with Crippen molar-refractivity contribution in [3.63, 3.8) is 0 Å². The summed E-state index contributed by atoms with van der Waals surface area (Å²) < 4.78 is 4.65. The Labute approximate surface area is 81.6 Å². The van der Waals surface area contributed by atoms with Crippen LogP contribution in [0.3, 0.4) is 0 Å². The van der Waals surface area contributed by atoms with Crippen LogP contribution in [-0.4, -0.2) is 55.7 Å². The molecule has 0 aromatic heterocycles. The van der Waals surface area contributed by atoms with Gasteiger partial charge in [0.15, 0.2) is 0 Å². The third-order valence-electron chi connectivity index (χ3n) is 2.98. The van der Waals surface area contributed by atoms with Gasteiger partial charge in [0.05, 0.1) is 7.11 Å². The van der Waals surface area contributed by atoms with Crippen LogP contribution in [0, 0.1) is 0 Å². The summed E-state index contributed by atoms with van der Waals surface area (Å²) in [5.74, 6) is -0.889. The highest BCUT2D eigenvalue weighted by Crippen LogP contribution is 2.25. The summed E-state index contributed by atoms with van der Waals surface area (Å²) in [6.07, 6.45) is 0. The highest BCUT2D eigenvalue weighted by Gasteiger charge is 2.59. The number of methoxy groups -OCH3 is 1. The summed E-state index contributed by atoms with van der Waals surface area (Å²) in [6, 6.07) is 0.159. The smallest absolute Gasteiger partial charge is 0.351 e. The maximum atomic E-state index is 11.7. The van der Waals surface area contributed by atoms with Crippen molar-refractivity contribution in [3.8, 4) is 0 Å². The fraction of sp³-hybridized carbons (Fsp3) is 0.750. The van der Waals surface area contributed by atoms with Crippen LogP contribution in [-0.2, 0) is 14.3 Å². The predicted octanol–water partition coefficient (Wildman–Crippen LogP) is -2.11. The van der Waals surface area contributed by atoms with Crippen LogP contribution in [0.5, 0.6) is 0 Å². The third-order valence-corrected chi connectivity index (χ3v) is 2.98. The molecule has 2 aliphatic rings. The molecule has 2 N–H and O–H groups in total. The quantitative estimate of drug-likeness (QED) is 0.373. The van der Waals surface area contributed by atoms with Gasteiger partial charge >= 0.3 is 5.97 Å². The molecule has 2 saturated heterocycles. The van der Waals surface area contributed by atoms with Gasteiger partial charge in [0.1, 0.15) is 0 Å². The molecule has 2 atom stereocenters. The van der Waals surface area contributed by atoms with Crippen LogP contribution in [0.15, 0.2) is 0 Å². The first-order chi connectivity index (χ1) is 6.63. The van der Waals surface area contributed by atoms with Gasteiger partial charge in [-0.15, -0.1) is 0 Å². The molecule has 6 nitrogen and oxygen atoms in total. The number of piperazine rings is 1. The molecular weight excluding hydrogens is 186 g/mol. The van der Waals surface area contributed by atoms with E-state index in [1.54, 1.807) is 11.9 Å². The average Bonchev–Trinajstić information content (AvgIpc) is 2.40. The molecule has 0 radical (unpaired) electrons. The Kier molecular flexibility index (Phi) is 1.97. The number of likely N-dealkylation sites (N-methyl/N-ethyl adjacent to an activating group) is 1. The first-order valence-electron chi connectivity index (χ1n) is 4.47. The number of nitrogens with one attached hydrogen (secondary N) is 2. The molecule has 0 aliphatic carbocycles. The number of rotatable bonds is 1. The standard InChI is InChI=1S/C8H13N3O3/c1-11-5-3-9-6(12)8(11,10-4-5)7(13)14-2/h5,10H,3-4H2,1-2H3,(H,9,12). The first-order valence-corrected chi connectivity index (χ1v) is 4.47. The van der Waals surface area contributed by atoms with Crippen molar-refractivity contribution >= 4 is 11.9 Å². The van der Waals surface area contributed by atoms with Gasteiger partial charge < -0.3 is 10.1 Å². The van der Waals surface area contributed by atoms with Crippen LogP contribution in [0.25, 0.3) is 0 Å². The molecular formula is C8H13N3O3. The largest absolute Gasteiger partial charge is 0.466 e. The summed E-state index contributed by atoms with van der Waals surface area (Å²) in [6.45, 7) is 1.19. The van der Waals surface area contributed by atoms with Crippen molar-refractivity contribution in [2.45, 2.75) is 11.7 Å². The monoisotopic (exact) mass is 199 g/mol. The number of fused-ring (bicyclic) bond motifs is 2. The second-order valence-electron chi connectivity index (χ2n) is 3.56. The Hall–Kier alpha value is -1.14. The Bertz CT molecular complexity index is 284. The zero-order chi connectivity index (χ0) is 10.3. The maximum absolute atomic E-state index is 11.7. The second kappa shape index (κ2) is 2.93. The SMILES string of the molecule is COC(=O)C12NCC(CNC1=O)N2C. The van der Waals surface area contributed by atoms with Gasteiger partial charge in [0, 0.05) is 19.1 Å². The topological polar surface area (TPSA) is 70.7 Å². The first kappa shape index (κ1) is 9.42. The number of hydrogen-bond donors (Lipinski definition) is 2. The number of amides is 1. The minimum Gasteiger partial charge on any atom is -0.466 e.